The fourth-order valence-electron chi connectivity index (χ4n) is 1.41. The number of hydrogen-bond donors (Lipinski definition) is 2. The molecule has 0 fully saturated rings. The SMILES string of the molecule is Cc1c2cc-2c(C)c1C.OBO. The molecule has 2 nitrogen and oxygen atoms in total. The molecule has 0 aromatic rings. The molecule has 0 atom stereocenters. The Hall–Kier alpha value is -0.795. The van der Waals surface area contributed by atoms with Crippen molar-refractivity contribution in [2.24, 2.45) is 0 Å². The minimum Gasteiger partial charge on any atom is -0.430 e. The summed E-state index contributed by atoms with van der Waals surface area (Å²) in [5, 5.41) is 14.2. The van der Waals surface area contributed by atoms with Crippen LogP contribution in [0.2, 0.25) is 0 Å². The van der Waals surface area contributed by atoms with Crippen molar-refractivity contribution >= 4 is 7.69 Å². The van der Waals surface area contributed by atoms with Gasteiger partial charge in [-0.15, -0.1) is 0 Å². The monoisotopic (exact) mass is 164 g/mol. The van der Waals surface area contributed by atoms with Crippen LogP contribution in [0, 0.1) is 20.8 Å². The molecule has 0 heterocycles. The predicted octanol–water partition coefficient (Wildman–Crippen LogP) is 0.830. The van der Waals surface area contributed by atoms with Gasteiger partial charge in [0.25, 0.3) is 0 Å². The molecule has 2 aliphatic carbocycles. The molecular formula is C9H13BO2. The molecule has 0 spiro atoms. The molecule has 0 amide bonds. The van der Waals surface area contributed by atoms with Crippen LogP contribution in [0.4, 0.5) is 0 Å². The Morgan fingerprint density at radius 1 is 0.917 bits per heavy atom. The third-order valence-electron chi connectivity index (χ3n) is 2.43. The maximum Gasteiger partial charge on any atom is 0.432 e. The molecule has 0 bridgehead atoms. The summed E-state index contributed by atoms with van der Waals surface area (Å²) in [5.41, 5.74) is 7.47. The minimum absolute atomic E-state index is 0.750. The van der Waals surface area contributed by atoms with Gasteiger partial charge in [0.05, 0.1) is 0 Å². The van der Waals surface area contributed by atoms with Crippen molar-refractivity contribution in [2.45, 2.75) is 20.8 Å². The maximum absolute atomic E-state index is 7.12. The van der Waals surface area contributed by atoms with E-state index in [1.165, 1.54) is 27.8 Å². The average Bonchev–Trinajstić information content (AvgIpc) is 2.76. The van der Waals surface area contributed by atoms with Crippen LogP contribution in [0.1, 0.15) is 16.7 Å². The first-order chi connectivity index (χ1) is 5.63. The van der Waals surface area contributed by atoms with Crippen molar-refractivity contribution in [3.05, 3.63) is 22.8 Å². The zero-order valence-corrected chi connectivity index (χ0v) is 7.68. The van der Waals surface area contributed by atoms with E-state index in [2.05, 4.69) is 26.8 Å². The van der Waals surface area contributed by atoms with Gasteiger partial charge >= 0.3 is 7.69 Å². The minimum atomic E-state index is -0.750. The van der Waals surface area contributed by atoms with E-state index in [1.807, 2.05) is 0 Å². The molecule has 2 N–H and O–H groups in total. The van der Waals surface area contributed by atoms with Crippen LogP contribution < -0.4 is 0 Å². The molecule has 12 heavy (non-hydrogen) atoms. The summed E-state index contributed by atoms with van der Waals surface area (Å²) in [6.45, 7) is 6.60. The van der Waals surface area contributed by atoms with Crippen molar-refractivity contribution in [1.29, 1.82) is 0 Å². The van der Waals surface area contributed by atoms with Crippen molar-refractivity contribution in [2.75, 3.05) is 0 Å². The first-order valence-corrected chi connectivity index (χ1v) is 3.96. The molecule has 0 unspecified atom stereocenters. The Kier molecular flexibility index (Phi) is 2.55. The topological polar surface area (TPSA) is 40.5 Å². The highest BCUT2D eigenvalue weighted by Gasteiger charge is 2.21. The van der Waals surface area contributed by atoms with Crippen molar-refractivity contribution in [3.63, 3.8) is 0 Å². The predicted molar refractivity (Wildman–Crippen MR) is 51.2 cm³/mol. The van der Waals surface area contributed by atoms with Crippen LogP contribution in [0.15, 0.2) is 6.07 Å². The maximum atomic E-state index is 7.12. The van der Waals surface area contributed by atoms with E-state index < -0.39 is 7.69 Å². The second kappa shape index (κ2) is 3.29. The summed E-state index contributed by atoms with van der Waals surface area (Å²) in [4.78, 5) is 0. The average molecular weight is 164 g/mol. The summed E-state index contributed by atoms with van der Waals surface area (Å²) < 4.78 is 0. The van der Waals surface area contributed by atoms with Crippen molar-refractivity contribution < 1.29 is 10.0 Å². The highest BCUT2D eigenvalue weighted by Crippen LogP contribution is 2.44. The van der Waals surface area contributed by atoms with E-state index in [-0.39, 0.29) is 0 Å². The molecule has 0 saturated carbocycles. The third-order valence-corrected chi connectivity index (χ3v) is 2.43. The lowest BCUT2D eigenvalue weighted by Gasteiger charge is -1.90. The van der Waals surface area contributed by atoms with Gasteiger partial charge in [0, 0.05) is 0 Å². The Balaban J connectivity index is 0.000000213. The van der Waals surface area contributed by atoms with E-state index in [9.17, 15) is 0 Å². The normalized spacial score (nSPS) is 10.1. The van der Waals surface area contributed by atoms with Gasteiger partial charge in [-0.2, -0.15) is 0 Å². The first kappa shape index (κ1) is 9.29. The molecule has 3 heteroatoms. The zero-order chi connectivity index (χ0) is 9.30. The van der Waals surface area contributed by atoms with Gasteiger partial charge in [-0.3, -0.25) is 0 Å². The van der Waals surface area contributed by atoms with Crippen LogP contribution in [-0.2, 0) is 0 Å². The highest BCUT2D eigenvalue weighted by molar-refractivity contribution is 6.13. The van der Waals surface area contributed by atoms with Gasteiger partial charge in [0.1, 0.15) is 0 Å². The molecule has 0 aromatic heterocycles. The Morgan fingerprint density at radius 2 is 1.25 bits per heavy atom. The van der Waals surface area contributed by atoms with E-state index in [1.54, 1.807) is 0 Å². The fourth-order valence-corrected chi connectivity index (χ4v) is 1.41. The summed E-state index contributed by atoms with van der Waals surface area (Å²) in [6, 6.07) is 2.26. The molecular weight excluding hydrogens is 151 g/mol. The second-order valence-electron chi connectivity index (χ2n) is 2.99. The smallest absolute Gasteiger partial charge is 0.430 e. The van der Waals surface area contributed by atoms with E-state index in [0.29, 0.717) is 0 Å². The van der Waals surface area contributed by atoms with Gasteiger partial charge in [-0.25, -0.2) is 0 Å². The summed E-state index contributed by atoms with van der Waals surface area (Å²) in [6.07, 6.45) is 0. The van der Waals surface area contributed by atoms with Gasteiger partial charge < -0.3 is 10.0 Å². The number of hydrogen-bond acceptors (Lipinski definition) is 2. The molecule has 0 aromatic carbocycles. The fraction of sp³-hybridized carbons (Fsp3) is 0.333. The molecule has 2 aliphatic rings. The number of rotatable bonds is 0. The van der Waals surface area contributed by atoms with Crippen molar-refractivity contribution in [3.8, 4) is 11.1 Å². The second-order valence-corrected chi connectivity index (χ2v) is 2.99. The molecule has 0 aliphatic heterocycles. The Labute approximate surface area is 73.2 Å². The Bertz CT molecular complexity index is 282. The van der Waals surface area contributed by atoms with Gasteiger partial charge in [-0.05, 0) is 54.7 Å². The molecule has 0 saturated heterocycles. The summed E-state index contributed by atoms with van der Waals surface area (Å²) in [5.74, 6) is 0. The molecule has 64 valence electrons. The van der Waals surface area contributed by atoms with Crippen LogP contribution >= 0.6 is 0 Å². The lowest BCUT2D eigenvalue weighted by Crippen LogP contribution is -1.75. The van der Waals surface area contributed by atoms with Crippen LogP contribution in [0.25, 0.3) is 11.1 Å². The van der Waals surface area contributed by atoms with Gasteiger partial charge in [0.15, 0.2) is 0 Å². The quantitative estimate of drug-likeness (QED) is 0.566. The largest absolute Gasteiger partial charge is 0.432 e. The first-order valence-electron chi connectivity index (χ1n) is 3.96. The number of fused-ring (bicyclic) bond motifs is 1. The third kappa shape index (κ3) is 1.38. The van der Waals surface area contributed by atoms with Crippen LogP contribution in [-0.4, -0.2) is 17.7 Å². The highest BCUT2D eigenvalue weighted by atomic mass is 16.4. The van der Waals surface area contributed by atoms with Crippen LogP contribution in [0.3, 0.4) is 0 Å². The van der Waals surface area contributed by atoms with E-state index in [4.69, 9.17) is 10.0 Å². The number of benzene rings is 1. The van der Waals surface area contributed by atoms with Crippen LogP contribution in [0.5, 0.6) is 0 Å². The molecule has 2 rings (SSSR count). The Morgan fingerprint density at radius 3 is 1.42 bits per heavy atom. The summed E-state index contributed by atoms with van der Waals surface area (Å²) in [7, 11) is -0.750. The lowest BCUT2D eigenvalue weighted by molar-refractivity contribution is 0.448. The van der Waals surface area contributed by atoms with Crippen molar-refractivity contribution in [1.82, 2.24) is 0 Å². The van der Waals surface area contributed by atoms with E-state index in [0.717, 1.165) is 0 Å². The molecule has 0 radical (unpaired) electrons. The zero-order valence-electron chi connectivity index (χ0n) is 7.68. The van der Waals surface area contributed by atoms with Gasteiger partial charge in [-0.1, -0.05) is 0 Å². The summed E-state index contributed by atoms with van der Waals surface area (Å²) >= 11 is 0. The lowest BCUT2D eigenvalue weighted by atomic mass is 10.2. The van der Waals surface area contributed by atoms with Gasteiger partial charge in [0.2, 0.25) is 0 Å². The standard InChI is InChI=1S/C9H10.BH3O2/c1-5-6(2)8-4-9(8)7(5)3;2-1-3/h4H,1-3H3;1-3H. The van der Waals surface area contributed by atoms with E-state index >= 15 is 0 Å².